The molecule has 0 unspecified atom stereocenters. The largest absolute Gasteiger partial charge is 0.507 e. The highest BCUT2D eigenvalue weighted by atomic mass is 32.1. The van der Waals surface area contributed by atoms with Crippen LogP contribution in [0.3, 0.4) is 0 Å². The molecule has 5 heteroatoms. The highest BCUT2D eigenvalue weighted by Crippen LogP contribution is 2.12. The van der Waals surface area contributed by atoms with Crippen molar-refractivity contribution in [1.29, 1.82) is 0 Å². The summed E-state index contributed by atoms with van der Waals surface area (Å²) < 4.78 is 0.284. The topological polar surface area (TPSA) is 44.6 Å². The second-order valence-electron chi connectivity index (χ2n) is 2.23. The Labute approximate surface area is 86.9 Å². The maximum atomic E-state index is 9.30. The average Bonchev–Trinajstić information content (AvgIpc) is 2.08. The molecule has 0 fully saturated rings. The molecule has 0 aliphatic rings. The second kappa shape index (κ2) is 4.84. The van der Waals surface area contributed by atoms with Gasteiger partial charge in [-0.1, -0.05) is 24.4 Å². The lowest BCUT2D eigenvalue weighted by molar-refractivity contribution is 0.474. The number of hydrogen-bond donors (Lipinski definition) is 3. The lowest BCUT2D eigenvalue weighted by atomic mass is 10.2. The molecular formula is C8H8N2OS2. The van der Waals surface area contributed by atoms with E-state index in [1.54, 1.807) is 24.3 Å². The molecule has 3 nitrogen and oxygen atoms in total. The Morgan fingerprint density at radius 3 is 2.85 bits per heavy atom. The molecule has 0 bridgehead atoms. The van der Waals surface area contributed by atoms with E-state index in [0.717, 1.165) is 0 Å². The van der Waals surface area contributed by atoms with Crippen molar-refractivity contribution < 1.29 is 5.11 Å². The number of hydrogen-bond acceptors (Lipinski definition) is 3. The van der Waals surface area contributed by atoms with Crippen LogP contribution in [0.15, 0.2) is 29.4 Å². The van der Waals surface area contributed by atoms with E-state index < -0.39 is 0 Å². The zero-order chi connectivity index (χ0) is 9.68. The Hall–Kier alpha value is -1.07. The zero-order valence-corrected chi connectivity index (χ0v) is 8.35. The molecule has 0 aromatic heterocycles. The third-order valence-electron chi connectivity index (χ3n) is 1.30. The van der Waals surface area contributed by atoms with Gasteiger partial charge in [-0.25, -0.2) is 0 Å². The number of phenolic OH excluding ortho intramolecular Hbond substituents is 1. The van der Waals surface area contributed by atoms with Crippen LogP contribution < -0.4 is 5.43 Å². The van der Waals surface area contributed by atoms with Crippen LogP contribution in [0.2, 0.25) is 0 Å². The molecule has 0 heterocycles. The van der Waals surface area contributed by atoms with E-state index in [1.807, 2.05) is 0 Å². The van der Waals surface area contributed by atoms with Gasteiger partial charge in [0.25, 0.3) is 0 Å². The average molecular weight is 212 g/mol. The van der Waals surface area contributed by atoms with E-state index in [9.17, 15) is 5.11 Å². The summed E-state index contributed by atoms with van der Waals surface area (Å²) in [5, 5.41) is 13.1. The van der Waals surface area contributed by atoms with Gasteiger partial charge in [0, 0.05) is 5.56 Å². The van der Waals surface area contributed by atoms with Gasteiger partial charge in [0.15, 0.2) is 4.32 Å². The quantitative estimate of drug-likeness (QED) is 0.301. The third kappa shape index (κ3) is 3.43. The minimum absolute atomic E-state index is 0.179. The first-order valence-electron chi connectivity index (χ1n) is 3.50. The number of thiol groups is 1. The number of phenols is 1. The van der Waals surface area contributed by atoms with Crippen molar-refractivity contribution >= 4 is 35.4 Å². The Kier molecular flexibility index (Phi) is 3.72. The molecular weight excluding hydrogens is 204 g/mol. The number of thiocarbonyl (C=S) groups is 1. The minimum atomic E-state index is 0.179. The molecule has 0 radical (unpaired) electrons. The summed E-state index contributed by atoms with van der Waals surface area (Å²) in [6.45, 7) is 0. The molecule has 1 aromatic rings. The Morgan fingerprint density at radius 1 is 1.54 bits per heavy atom. The predicted molar refractivity (Wildman–Crippen MR) is 60.4 cm³/mol. The van der Waals surface area contributed by atoms with Crippen molar-refractivity contribution in [3.05, 3.63) is 29.8 Å². The molecule has 0 atom stereocenters. The monoisotopic (exact) mass is 212 g/mol. The molecule has 1 aromatic carbocycles. The molecule has 0 spiro atoms. The maximum Gasteiger partial charge on any atom is 0.150 e. The number of nitrogens with one attached hydrogen (secondary N) is 1. The highest BCUT2D eigenvalue weighted by molar-refractivity contribution is 8.11. The van der Waals surface area contributed by atoms with Gasteiger partial charge in [0.2, 0.25) is 0 Å². The fourth-order valence-electron chi connectivity index (χ4n) is 0.754. The number of nitrogens with zero attached hydrogens (tertiary/aromatic N) is 1. The van der Waals surface area contributed by atoms with Gasteiger partial charge in [-0.15, -0.1) is 12.6 Å². The summed E-state index contributed by atoms with van der Waals surface area (Å²) in [5.74, 6) is 0.179. The number of aromatic hydroxyl groups is 1. The molecule has 0 saturated heterocycles. The molecule has 0 saturated carbocycles. The lowest BCUT2D eigenvalue weighted by Crippen LogP contribution is -2.07. The van der Waals surface area contributed by atoms with E-state index in [0.29, 0.717) is 5.56 Å². The summed E-state index contributed by atoms with van der Waals surface area (Å²) in [4.78, 5) is 0. The summed E-state index contributed by atoms with van der Waals surface area (Å²) in [6.07, 6.45) is 1.47. The van der Waals surface area contributed by atoms with Gasteiger partial charge < -0.3 is 5.11 Å². The fraction of sp³-hybridized carbons (Fsp3) is 0. The van der Waals surface area contributed by atoms with E-state index >= 15 is 0 Å². The van der Waals surface area contributed by atoms with Gasteiger partial charge in [0.05, 0.1) is 6.21 Å². The van der Waals surface area contributed by atoms with Gasteiger partial charge in [0.1, 0.15) is 5.75 Å². The summed E-state index contributed by atoms with van der Waals surface area (Å²) >= 11 is 8.44. The summed E-state index contributed by atoms with van der Waals surface area (Å²) in [6, 6.07) is 6.87. The van der Waals surface area contributed by atoms with Gasteiger partial charge in [-0.05, 0) is 12.1 Å². The number of para-hydroxylation sites is 1. The van der Waals surface area contributed by atoms with Crippen molar-refractivity contribution in [2.24, 2.45) is 5.10 Å². The summed E-state index contributed by atoms with van der Waals surface area (Å²) in [7, 11) is 0. The number of rotatable bonds is 2. The van der Waals surface area contributed by atoms with Crippen molar-refractivity contribution in [2.75, 3.05) is 0 Å². The number of hydrazone groups is 1. The van der Waals surface area contributed by atoms with Crippen LogP contribution in [0.25, 0.3) is 0 Å². The first kappa shape index (κ1) is 10.0. The zero-order valence-electron chi connectivity index (χ0n) is 6.64. The van der Waals surface area contributed by atoms with E-state index in [-0.39, 0.29) is 10.1 Å². The van der Waals surface area contributed by atoms with Gasteiger partial charge in [-0.2, -0.15) is 5.10 Å². The Morgan fingerprint density at radius 2 is 2.23 bits per heavy atom. The van der Waals surface area contributed by atoms with Crippen LogP contribution >= 0.6 is 24.8 Å². The maximum absolute atomic E-state index is 9.30. The van der Waals surface area contributed by atoms with Crippen molar-refractivity contribution in [3.63, 3.8) is 0 Å². The van der Waals surface area contributed by atoms with E-state index in [2.05, 4.69) is 35.4 Å². The van der Waals surface area contributed by atoms with E-state index in [4.69, 9.17) is 0 Å². The summed E-state index contributed by atoms with van der Waals surface area (Å²) in [5.41, 5.74) is 3.10. The second-order valence-corrected chi connectivity index (χ2v) is 3.39. The first-order valence-corrected chi connectivity index (χ1v) is 4.35. The van der Waals surface area contributed by atoms with Gasteiger partial charge >= 0.3 is 0 Å². The van der Waals surface area contributed by atoms with Crippen molar-refractivity contribution in [1.82, 2.24) is 5.43 Å². The fourth-order valence-corrected chi connectivity index (χ4v) is 0.864. The van der Waals surface area contributed by atoms with Crippen molar-refractivity contribution in [3.8, 4) is 5.75 Å². The van der Waals surface area contributed by atoms with Crippen LogP contribution in [0, 0.1) is 0 Å². The lowest BCUT2D eigenvalue weighted by Gasteiger charge is -1.96. The van der Waals surface area contributed by atoms with Crippen LogP contribution in [0.1, 0.15) is 5.56 Å². The highest BCUT2D eigenvalue weighted by Gasteiger charge is 1.93. The van der Waals surface area contributed by atoms with Crippen LogP contribution in [0.5, 0.6) is 5.75 Å². The normalized spacial score (nSPS) is 10.2. The third-order valence-corrected chi connectivity index (χ3v) is 1.49. The van der Waals surface area contributed by atoms with Crippen LogP contribution in [-0.4, -0.2) is 15.6 Å². The van der Waals surface area contributed by atoms with Crippen molar-refractivity contribution in [2.45, 2.75) is 0 Å². The molecule has 0 amide bonds. The van der Waals surface area contributed by atoms with Crippen LogP contribution in [0.4, 0.5) is 0 Å². The molecule has 0 aliphatic heterocycles. The Balaban J connectivity index is 2.68. The smallest absolute Gasteiger partial charge is 0.150 e. The minimum Gasteiger partial charge on any atom is -0.507 e. The molecule has 2 N–H and O–H groups in total. The Bertz CT molecular complexity index is 339. The van der Waals surface area contributed by atoms with E-state index in [1.165, 1.54) is 6.21 Å². The molecule has 13 heavy (non-hydrogen) atoms. The molecule has 1 rings (SSSR count). The predicted octanol–water partition coefficient (Wildman–Crippen LogP) is 1.53. The molecule has 0 aliphatic carbocycles. The van der Waals surface area contributed by atoms with Crippen LogP contribution in [-0.2, 0) is 0 Å². The molecule has 68 valence electrons. The van der Waals surface area contributed by atoms with Gasteiger partial charge in [-0.3, -0.25) is 5.43 Å². The first-order chi connectivity index (χ1) is 6.20. The number of benzene rings is 1. The SMILES string of the molecule is Oc1ccccc1/C=N/NC(=S)S. The standard InChI is InChI=1S/C8H8N2OS2/c11-7-4-2-1-3-6(7)5-9-10-8(12)13/h1-5,11H,(H2,10,12,13)/b9-5+.